The third-order valence-electron chi connectivity index (χ3n) is 4.63. The maximum atomic E-state index is 12.1. The standard InChI is InChI=1S/C19H28N2O2/c1-15-6-8-16(9-7-15)17(22)10-11-18(23)20-14-19(2,3)21-12-4-5-13-21/h6-9H,4-5,10-14H2,1-3H3,(H,20,23). The molecule has 1 fully saturated rings. The molecule has 1 aliphatic heterocycles. The molecule has 126 valence electrons. The quantitative estimate of drug-likeness (QED) is 0.787. The molecule has 4 nitrogen and oxygen atoms in total. The first-order chi connectivity index (χ1) is 10.9. The van der Waals surface area contributed by atoms with Crippen LogP contribution in [0.25, 0.3) is 0 Å². The maximum Gasteiger partial charge on any atom is 0.220 e. The number of Topliss-reactive ketones (excluding diaryl/α,β-unsaturated/α-hetero) is 1. The first kappa shape index (κ1) is 17.7. The van der Waals surface area contributed by atoms with Crippen LogP contribution in [0.15, 0.2) is 24.3 Å². The molecule has 0 aliphatic carbocycles. The number of rotatable bonds is 7. The van der Waals surface area contributed by atoms with E-state index in [-0.39, 0.29) is 30.1 Å². The van der Waals surface area contributed by atoms with Crippen LogP contribution in [-0.4, -0.2) is 41.8 Å². The molecule has 2 rings (SSSR count). The van der Waals surface area contributed by atoms with Gasteiger partial charge in [-0.2, -0.15) is 0 Å². The second-order valence-electron chi connectivity index (χ2n) is 7.07. The lowest BCUT2D eigenvalue weighted by atomic mass is 10.0. The number of ketones is 1. The zero-order chi connectivity index (χ0) is 16.9. The van der Waals surface area contributed by atoms with Gasteiger partial charge < -0.3 is 5.32 Å². The lowest BCUT2D eigenvalue weighted by Crippen LogP contribution is -2.50. The Kier molecular flexibility index (Phi) is 5.94. The summed E-state index contributed by atoms with van der Waals surface area (Å²) in [6.45, 7) is 9.16. The van der Waals surface area contributed by atoms with Crippen LogP contribution in [0.5, 0.6) is 0 Å². The third-order valence-corrected chi connectivity index (χ3v) is 4.63. The Morgan fingerprint density at radius 2 is 1.70 bits per heavy atom. The number of amides is 1. The highest BCUT2D eigenvalue weighted by Gasteiger charge is 2.29. The van der Waals surface area contributed by atoms with E-state index >= 15 is 0 Å². The normalized spacial score (nSPS) is 15.6. The largest absolute Gasteiger partial charge is 0.354 e. The zero-order valence-electron chi connectivity index (χ0n) is 14.5. The van der Waals surface area contributed by atoms with Gasteiger partial charge in [0.2, 0.25) is 5.91 Å². The average Bonchev–Trinajstić information content (AvgIpc) is 3.06. The highest BCUT2D eigenvalue weighted by atomic mass is 16.2. The van der Waals surface area contributed by atoms with E-state index < -0.39 is 0 Å². The molecule has 1 N–H and O–H groups in total. The second kappa shape index (κ2) is 7.73. The van der Waals surface area contributed by atoms with Crippen molar-refractivity contribution < 1.29 is 9.59 Å². The molecule has 0 aromatic heterocycles. The number of nitrogens with one attached hydrogen (secondary N) is 1. The minimum Gasteiger partial charge on any atom is -0.354 e. The van der Waals surface area contributed by atoms with Crippen LogP contribution in [-0.2, 0) is 4.79 Å². The number of hydrogen-bond acceptors (Lipinski definition) is 3. The monoisotopic (exact) mass is 316 g/mol. The topological polar surface area (TPSA) is 49.4 Å². The minimum absolute atomic E-state index is 0.0207. The van der Waals surface area contributed by atoms with Crippen LogP contribution in [0.2, 0.25) is 0 Å². The summed E-state index contributed by atoms with van der Waals surface area (Å²) < 4.78 is 0. The Bertz CT molecular complexity index is 543. The van der Waals surface area contributed by atoms with E-state index in [1.165, 1.54) is 12.8 Å². The van der Waals surface area contributed by atoms with Crippen LogP contribution >= 0.6 is 0 Å². The summed E-state index contributed by atoms with van der Waals surface area (Å²) in [7, 11) is 0. The maximum absolute atomic E-state index is 12.1. The summed E-state index contributed by atoms with van der Waals surface area (Å²) in [4.78, 5) is 26.5. The van der Waals surface area contributed by atoms with Crippen LogP contribution in [0.3, 0.4) is 0 Å². The third kappa shape index (κ3) is 5.17. The smallest absolute Gasteiger partial charge is 0.220 e. The number of likely N-dealkylation sites (tertiary alicyclic amines) is 1. The first-order valence-electron chi connectivity index (χ1n) is 8.50. The Hall–Kier alpha value is -1.68. The molecule has 0 bridgehead atoms. The average molecular weight is 316 g/mol. The van der Waals surface area contributed by atoms with Gasteiger partial charge >= 0.3 is 0 Å². The predicted molar refractivity (Wildman–Crippen MR) is 92.6 cm³/mol. The molecule has 1 aromatic rings. The molecule has 0 atom stereocenters. The Morgan fingerprint density at radius 3 is 2.30 bits per heavy atom. The lowest BCUT2D eigenvalue weighted by Gasteiger charge is -2.35. The van der Waals surface area contributed by atoms with E-state index in [0.717, 1.165) is 18.7 Å². The second-order valence-corrected chi connectivity index (χ2v) is 7.07. The van der Waals surface area contributed by atoms with E-state index in [2.05, 4.69) is 24.1 Å². The Labute approximate surface area is 139 Å². The van der Waals surface area contributed by atoms with E-state index in [9.17, 15) is 9.59 Å². The lowest BCUT2D eigenvalue weighted by molar-refractivity contribution is -0.121. The van der Waals surface area contributed by atoms with Crippen molar-refractivity contribution in [2.45, 2.75) is 52.0 Å². The number of hydrogen-bond donors (Lipinski definition) is 1. The molecule has 23 heavy (non-hydrogen) atoms. The molecular weight excluding hydrogens is 288 g/mol. The van der Waals surface area contributed by atoms with Crippen molar-refractivity contribution in [3.63, 3.8) is 0 Å². The number of nitrogens with zero attached hydrogens (tertiary/aromatic N) is 1. The molecule has 0 spiro atoms. The molecule has 0 radical (unpaired) electrons. The summed E-state index contributed by atoms with van der Waals surface area (Å²) in [5.41, 5.74) is 1.79. The number of aryl methyl sites for hydroxylation is 1. The molecule has 1 aliphatic rings. The van der Waals surface area contributed by atoms with Crippen molar-refractivity contribution in [3.8, 4) is 0 Å². The molecule has 1 amide bonds. The van der Waals surface area contributed by atoms with Crippen LogP contribution < -0.4 is 5.32 Å². The van der Waals surface area contributed by atoms with Gasteiger partial charge in [-0.25, -0.2) is 0 Å². The van der Waals surface area contributed by atoms with Crippen molar-refractivity contribution in [1.82, 2.24) is 10.2 Å². The van der Waals surface area contributed by atoms with Gasteiger partial charge in [-0.15, -0.1) is 0 Å². The number of carbonyl (C=O) groups excluding carboxylic acids is 2. The highest BCUT2D eigenvalue weighted by molar-refractivity contribution is 5.97. The Balaban J connectivity index is 1.74. The van der Waals surface area contributed by atoms with Gasteiger partial charge in [0, 0.05) is 30.5 Å². The summed E-state index contributed by atoms with van der Waals surface area (Å²) in [5.74, 6) is -0.0170. The summed E-state index contributed by atoms with van der Waals surface area (Å²) in [6, 6.07) is 7.50. The number of carbonyl (C=O) groups is 2. The summed E-state index contributed by atoms with van der Waals surface area (Å²) >= 11 is 0. The van der Waals surface area contributed by atoms with Crippen molar-refractivity contribution in [3.05, 3.63) is 35.4 Å². The van der Waals surface area contributed by atoms with E-state index in [1.807, 2.05) is 31.2 Å². The summed E-state index contributed by atoms with van der Waals surface area (Å²) in [6.07, 6.45) is 2.99. The van der Waals surface area contributed by atoms with Gasteiger partial charge in [-0.3, -0.25) is 14.5 Å². The molecule has 0 unspecified atom stereocenters. The molecular formula is C19H28N2O2. The van der Waals surface area contributed by atoms with Gasteiger partial charge in [-0.1, -0.05) is 29.8 Å². The van der Waals surface area contributed by atoms with Crippen molar-refractivity contribution in [2.75, 3.05) is 19.6 Å². The number of benzene rings is 1. The van der Waals surface area contributed by atoms with E-state index in [1.54, 1.807) is 0 Å². The van der Waals surface area contributed by atoms with Gasteiger partial charge in [0.05, 0.1) is 0 Å². The van der Waals surface area contributed by atoms with E-state index in [4.69, 9.17) is 0 Å². The van der Waals surface area contributed by atoms with Crippen molar-refractivity contribution in [2.24, 2.45) is 0 Å². The SMILES string of the molecule is Cc1ccc(C(=O)CCC(=O)NCC(C)(C)N2CCCC2)cc1. The van der Waals surface area contributed by atoms with Gasteiger partial charge in [0.25, 0.3) is 0 Å². The molecule has 1 heterocycles. The molecule has 1 saturated heterocycles. The van der Waals surface area contributed by atoms with Crippen molar-refractivity contribution >= 4 is 11.7 Å². The fourth-order valence-corrected chi connectivity index (χ4v) is 2.95. The Morgan fingerprint density at radius 1 is 1.09 bits per heavy atom. The highest BCUT2D eigenvalue weighted by Crippen LogP contribution is 2.20. The van der Waals surface area contributed by atoms with Gasteiger partial charge in [0.1, 0.15) is 0 Å². The summed E-state index contributed by atoms with van der Waals surface area (Å²) in [5, 5.41) is 2.98. The van der Waals surface area contributed by atoms with Crippen LogP contribution in [0.4, 0.5) is 0 Å². The minimum atomic E-state index is -0.0438. The fraction of sp³-hybridized carbons (Fsp3) is 0.579. The first-order valence-corrected chi connectivity index (χ1v) is 8.50. The van der Waals surface area contributed by atoms with Crippen LogP contribution in [0.1, 0.15) is 55.5 Å². The molecule has 4 heteroatoms. The molecule has 1 aromatic carbocycles. The zero-order valence-corrected chi connectivity index (χ0v) is 14.5. The predicted octanol–water partition coefficient (Wildman–Crippen LogP) is 2.95. The van der Waals surface area contributed by atoms with E-state index in [0.29, 0.717) is 12.1 Å². The molecule has 0 saturated carbocycles. The van der Waals surface area contributed by atoms with Crippen molar-refractivity contribution in [1.29, 1.82) is 0 Å². The van der Waals surface area contributed by atoms with Gasteiger partial charge in [-0.05, 0) is 46.7 Å². The van der Waals surface area contributed by atoms with Gasteiger partial charge in [0.15, 0.2) is 5.78 Å². The van der Waals surface area contributed by atoms with Crippen LogP contribution in [0, 0.1) is 6.92 Å². The fourth-order valence-electron chi connectivity index (χ4n) is 2.95.